The van der Waals surface area contributed by atoms with E-state index in [1.807, 2.05) is 30.3 Å². The minimum absolute atomic E-state index is 0.232. The van der Waals surface area contributed by atoms with Gasteiger partial charge in [-0.05, 0) is 16.8 Å². The summed E-state index contributed by atoms with van der Waals surface area (Å²) in [5.74, 6) is 0.535. The van der Waals surface area contributed by atoms with Crippen molar-refractivity contribution in [1.29, 1.82) is 5.26 Å². The summed E-state index contributed by atoms with van der Waals surface area (Å²) in [5, 5.41) is 11.1. The van der Waals surface area contributed by atoms with Crippen LogP contribution in [0.4, 0.5) is 0 Å². The zero-order valence-corrected chi connectivity index (χ0v) is 10.3. The van der Waals surface area contributed by atoms with E-state index >= 15 is 0 Å². The molecule has 0 unspecified atom stereocenters. The third kappa shape index (κ3) is 2.14. The number of ether oxygens (including phenoxy) is 1. The van der Waals surface area contributed by atoms with E-state index in [0.29, 0.717) is 11.3 Å². The molecule has 0 heterocycles. The van der Waals surface area contributed by atoms with Crippen LogP contribution in [0, 0.1) is 11.3 Å². The first-order valence-corrected chi connectivity index (χ1v) is 5.46. The molecule has 92 valence electrons. The highest BCUT2D eigenvalue weighted by molar-refractivity contribution is 5.89. The number of rotatable bonds is 4. The Kier molecular flexibility index (Phi) is 3.78. The van der Waals surface area contributed by atoms with E-state index in [9.17, 15) is 0 Å². The van der Waals surface area contributed by atoms with Crippen LogP contribution >= 0.6 is 0 Å². The summed E-state index contributed by atoms with van der Waals surface area (Å²) < 4.78 is 5.31. The Morgan fingerprint density at radius 3 is 2.67 bits per heavy atom. The molecule has 2 aromatic rings. The molecule has 18 heavy (non-hydrogen) atoms. The van der Waals surface area contributed by atoms with Gasteiger partial charge < -0.3 is 4.74 Å². The molecule has 2 aromatic carbocycles. The largest absolute Gasteiger partial charge is 0.495 e. The average Bonchev–Trinajstić information content (AvgIpc) is 2.43. The standard InChI is InChI=1S/C14H13NO3/c1-16-14-11(8-15)7-10-5-3-4-6-12(10)13(14)9-18-17-2/h3-7H,9H2,1-2H3. The van der Waals surface area contributed by atoms with E-state index in [2.05, 4.69) is 11.0 Å². The van der Waals surface area contributed by atoms with E-state index in [-0.39, 0.29) is 6.61 Å². The molecule has 0 aliphatic heterocycles. The third-order valence-corrected chi connectivity index (χ3v) is 2.75. The van der Waals surface area contributed by atoms with E-state index < -0.39 is 0 Å². The minimum atomic E-state index is 0.232. The normalized spacial score (nSPS) is 10.3. The van der Waals surface area contributed by atoms with Crippen LogP contribution in [-0.4, -0.2) is 14.2 Å². The molecule has 0 saturated heterocycles. The lowest BCUT2D eigenvalue weighted by Crippen LogP contribution is -1.99. The molecule has 0 amide bonds. The minimum Gasteiger partial charge on any atom is -0.495 e. The van der Waals surface area contributed by atoms with Gasteiger partial charge in [0.2, 0.25) is 0 Å². The van der Waals surface area contributed by atoms with Crippen molar-refractivity contribution in [2.24, 2.45) is 0 Å². The number of hydrogen-bond acceptors (Lipinski definition) is 4. The molecule has 0 atom stereocenters. The van der Waals surface area contributed by atoms with Gasteiger partial charge in [-0.25, -0.2) is 9.78 Å². The van der Waals surface area contributed by atoms with Crippen LogP contribution in [-0.2, 0) is 16.4 Å². The Morgan fingerprint density at radius 2 is 2.00 bits per heavy atom. The van der Waals surface area contributed by atoms with Gasteiger partial charge >= 0.3 is 0 Å². The summed E-state index contributed by atoms with van der Waals surface area (Å²) in [6.07, 6.45) is 0. The first-order chi connectivity index (χ1) is 8.81. The maximum Gasteiger partial charge on any atom is 0.142 e. The van der Waals surface area contributed by atoms with Crippen molar-refractivity contribution in [2.75, 3.05) is 14.2 Å². The smallest absolute Gasteiger partial charge is 0.142 e. The summed E-state index contributed by atoms with van der Waals surface area (Å²) in [4.78, 5) is 9.61. The quantitative estimate of drug-likeness (QED) is 0.612. The first-order valence-electron chi connectivity index (χ1n) is 5.46. The van der Waals surface area contributed by atoms with E-state index in [1.54, 1.807) is 7.11 Å². The molecule has 0 aliphatic carbocycles. The Balaban J connectivity index is 2.70. The number of methoxy groups -OCH3 is 1. The molecule has 4 nitrogen and oxygen atoms in total. The summed E-state index contributed by atoms with van der Waals surface area (Å²) in [6, 6.07) is 11.7. The summed E-state index contributed by atoms with van der Waals surface area (Å²) >= 11 is 0. The molecule has 0 fully saturated rings. The van der Waals surface area contributed by atoms with E-state index in [4.69, 9.17) is 14.9 Å². The highest BCUT2D eigenvalue weighted by atomic mass is 17.2. The fourth-order valence-corrected chi connectivity index (χ4v) is 1.98. The van der Waals surface area contributed by atoms with Crippen LogP contribution in [0.2, 0.25) is 0 Å². The SMILES string of the molecule is COOCc1c(OC)c(C#N)cc2ccccc12. The van der Waals surface area contributed by atoms with Crippen LogP contribution < -0.4 is 4.74 Å². The van der Waals surface area contributed by atoms with E-state index in [0.717, 1.165) is 16.3 Å². The molecule has 0 N–H and O–H groups in total. The topological polar surface area (TPSA) is 51.5 Å². The van der Waals surface area contributed by atoms with Crippen molar-refractivity contribution in [3.63, 3.8) is 0 Å². The highest BCUT2D eigenvalue weighted by Gasteiger charge is 2.14. The van der Waals surface area contributed by atoms with Gasteiger partial charge in [-0.3, -0.25) is 0 Å². The molecule has 0 aliphatic rings. The number of nitrogens with zero attached hydrogens (tertiary/aromatic N) is 1. The van der Waals surface area contributed by atoms with Crippen molar-refractivity contribution < 1.29 is 14.5 Å². The van der Waals surface area contributed by atoms with Crippen molar-refractivity contribution in [2.45, 2.75) is 6.61 Å². The Bertz CT molecular complexity index is 602. The second kappa shape index (κ2) is 5.50. The van der Waals surface area contributed by atoms with Gasteiger partial charge in [-0.15, -0.1) is 0 Å². The molecule has 0 spiro atoms. The van der Waals surface area contributed by atoms with Gasteiger partial charge in [0.1, 0.15) is 18.4 Å². The predicted octanol–water partition coefficient (Wildman–Crippen LogP) is 2.80. The molecule has 0 saturated carbocycles. The lowest BCUT2D eigenvalue weighted by molar-refractivity contribution is -0.282. The monoisotopic (exact) mass is 243 g/mol. The summed E-state index contributed by atoms with van der Waals surface area (Å²) in [5.41, 5.74) is 1.31. The first kappa shape index (κ1) is 12.4. The van der Waals surface area contributed by atoms with E-state index in [1.165, 1.54) is 7.11 Å². The predicted molar refractivity (Wildman–Crippen MR) is 67.0 cm³/mol. The molecular weight excluding hydrogens is 230 g/mol. The van der Waals surface area contributed by atoms with Crippen molar-refractivity contribution in [3.05, 3.63) is 41.5 Å². The van der Waals surface area contributed by atoms with Crippen molar-refractivity contribution in [1.82, 2.24) is 0 Å². The molecule has 0 radical (unpaired) electrons. The van der Waals surface area contributed by atoms with Crippen LogP contribution in [0.5, 0.6) is 5.75 Å². The average molecular weight is 243 g/mol. The summed E-state index contributed by atoms with van der Waals surface area (Å²) in [6.45, 7) is 0.232. The van der Waals surface area contributed by atoms with Gasteiger partial charge in [0.25, 0.3) is 0 Å². The number of fused-ring (bicyclic) bond motifs is 1. The fourth-order valence-electron chi connectivity index (χ4n) is 1.98. The molecule has 0 bridgehead atoms. The zero-order chi connectivity index (χ0) is 13.0. The Labute approximate surface area is 105 Å². The maximum absolute atomic E-state index is 9.16. The van der Waals surface area contributed by atoms with Crippen molar-refractivity contribution >= 4 is 10.8 Å². The van der Waals surface area contributed by atoms with Gasteiger partial charge in [-0.1, -0.05) is 24.3 Å². The molecule has 2 rings (SSSR count). The maximum atomic E-state index is 9.16. The van der Waals surface area contributed by atoms with Gasteiger partial charge in [-0.2, -0.15) is 5.26 Å². The third-order valence-electron chi connectivity index (χ3n) is 2.75. The van der Waals surface area contributed by atoms with Crippen LogP contribution in [0.25, 0.3) is 10.8 Å². The highest BCUT2D eigenvalue weighted by Crippen LogP contribution is 2.32. The van der Waals surface area contributed by atoms with Gasteiger partial charge in [0.15, 0.2) is 0 Å². The van der Waals surface area contributed by atoms with Gasteiger partial charge in [0, 0.05) is 5.56 Å². The second-order valence-corrected chi connectivity index (χ2v) is 3.70. The number of benzene rings is 2. The van der Waals surface area contributed by atoms with Crippen molar-refractivity contribution in [3.8, 4) is 11.8 Å². The Morgan fingerprint density at radius 1 is 1.22 bits per heavy atom. The molecular formula is C14H13NO3. The zero-order valence-electron chi connectivity index (χ0n) is 10.3. The lowest BCUT2D eigenvalue weighted by atomic mass is 10.00. The second-order valence-electron chi connectivity index (χ2n) is 3.70. The van der Waals surface area contributed by atoms with Crippen LogP contribution in [0.15, 0.2) is 30.3 Å². The summed E-state index contributed by atoms with van der Waals surface area (Å²) in [7, 11) is 2.99. The fraction of sp³-hybridized carbons (Fsp3) is 0.214. The number of nitriles is 1. The lowest BCUT2D eigenvalue weighted by Gasteiger charge is -2.13. The van der Waals surface area contributed by atoms with Crippen LogP contribution in [0.1, 0.15) is 11.1 Å². The molecule has 0 aromatic heterocycles. The van der Waals surface area contributed by atoms with Crippen LogP contribution in [0.3, 0.4) is 0 Å². The molecule has 4 heteroatoms. The Hall–Kier alpha value is -2.09. The number of hydrogen-bond donors (Lipinski definition) is 0. The van der Waals surface area contributed by atoms with Gasteiger partial charge in [0.05, 0.1) is 19.8 Å².